The van der Waals surface area contributed by atoms with Gasteiger partial charge >= 0.3 is 0 Å². The summed E-state index contributed by atoms with van der Waals surface area (Å²) in [5, 5.41) is 13.4. The molecule has 0 spiro atoms. The first-order valence-corrected chi connectivity index (χ1v) is 15.4. The molecule has 0 atom stereocenters. The summed E-state index contributed by atoms with van der Waals surface area (Å²) in [6, 6.07) is 54.5. The van der Waals surface area contributed by atoms with Crippen molar-refractivity contribution in [3.05, 3.63) is 157 Å². The standard InChI is InChI=1S/C43H29NO/c1-27-7-6-12-39-41-38-11-5-4-10-36(38)26-40(43(41)45-42(27)39)44-37-21-19-29(20-22-37)31-15-16-34-25-35(18-17-33(34)24-31)32-14-13-28-8-2-3-9-30(28)23-32/h2-26,44H,1H3. The van der Waals surface area contributed by atoms with E-state index >= 15 is 0 Å². The summed E-state index contributed by atoms with van der Waals surface area (Å²) in [5.41, 5.74) is 9.83. The Hall–Kier alpha value is -5.86. The maximum atomic E-state index is 6.52. The molecular weight excluding hydrogens is 546 g/mol. The van der Waals surface area contributed by atoms with E-state index in [0.717, 1.165) is 38.9 Å². The van der Waals surface area contributed by atoms with Crippen molar-refractivity contribution in [1.29, 1.82) is 0 Å². The summed E-state index contributed by atoms with van der Waals surface area (Å²) in [4.78, 5) is 0. The minimum Gasteiger partial charge on any atom is -0.454 e. The molecule has 2 nitrogen and oxygen atoms in total. The lowest BCUT2D eigenvalue weighted by Gasteiger charge is -2.11. The molecule has 0 bridgehead atoms. The molecule has 2 heteroatoms. The molecule has 0 saturated heterocycles. The zero-order chi connectivity index (χ0) is 29.9. The summed E-state index contributed by atoms with van der Waals surface area (Å²) in [6.45, 7) is 2.11. The third-order valence-electron chi connectivity index (χ3n) is 9.11. The number of benzene rings is 8. The van der Waals surface area contributed by atoms with E-state index in [1.54, 1.807) is 0 Å². The molecule has 0 unspecified atom stereocenters. The fourth-order valence-electron chi connectivity index (χ4n) is 6.76. The summed E-state index contributed by atoms with van der Waals surface area (Å²) >= 11 is 0. The SMILES string of the molecule is Cc1cccc2c1oc1c(Nc3ccc(-c4ccc5cc(-c6ccc7ccccc7c6)ccc5c4)cc3)cc3ccccc3c12. The van der Waals surface area contributed by atoms with Gasteiger partial charge in [0.05, 0.1) is 5.69 Å². The van der Waals surface area contributed by atoms with Crippen LogP contribution in [-0.4, -0.2) is 0 Å². The molecule has 9 aromatic rings. The molecule has 45 heavy (non-hydrogen) atoms. The smallest absolute Gasteiger partial charge is 0.159 e. The molecule has 0 fully saturated rings. The van der Waals surface area contributed by atoms with Gasteiger partial charge in [0.2, 0.25) is 0 Å². The maximum absolute atomic E-state index is 6.52. The lowest BCUT2D eigenvalue weighted by atomic mass is 9.96. The summed E-state index contributed by atoms with van der Waals surface area (Å²) in [7, 11) is 0. The Kier molecular flexibility index (Phi) is 5.76. The number of nitrogens with one attached hydrogen (secondary N) is 1. The lowest BCUT2D eigenvalue weighted by molar-refractivity contribution is 0.667. The van der Waals surface area contributed by atoms with Crippen molar-refractivity contribution < 1.29 is 4.42 Å². The van der Waals surface area contributed by atoms with Gasteiger partial charge in [0.25, 0.3) is 0 Å². The average Bonchev–Trinajstić information content (AvgIpc) is 3.50. The minimum atomic E-state index is 0.889. The number of rotatable bonds is 4. The highest BCUT2D eigenvalue weighted by Gasteiger charge is 2.16. The first-order chi connectivity index (χ1) is 22.2. The molecule has 0 aliphatic rings. The molecule has 1 aromatic heterocycles. The van der Waals surface area contributed by atoms with Gasteiger partial charge in [-0.1, -0.05) is 115 Å². The third kappa shape index (κ3) is 4.34. The Labute approximate surface area is 261 Å². The molecular formula is C43H29NO. The quantitative estimate of drug-likeness (QED) is 0.226. The van der Waals surface area contributed by atoms with E-state index in [1.165, 1.54) is 54.6 Å². The van der Waals surface area contributed by atoms with Crippen LogP contribution < -0.4 is 5.32 Å². The molecule has 1 heterocycles. The highest BCUT2D eigenvalue weighted by Crippen LogP contribution is 2.41. The number of furan rings is 1. The fraction of sp³-hybridized carbons (Fsp3) is 0.0233. The van der Waals surface area contributed by atoms with Crippen LogP contribution in [0, 0.1) is 6.92 Å². The Morgan fingerprint density at radius 1 is 0.422 bits per heavy atom. The van der Waals surface area contributed by atoms with Gasteiger partial charge in [0.1, 0.15) is 5.58 Å². The number of anilines is 2. The molecule has 8 aromatic carbocycles. The van der Waals surface area contributed by atoms with Gasteiger partial charge in [-0.15, -0.1) is 0 Å². The molecule has 0 radical (unpaired) electrons. The van der Waals surface area contributed by atoms with Gasteiger partial charge in [0.15, 0.2) is 5.58 Å². The largest absolute Gasteiger partial charge is 0.454 e. The third-order valence-corrected chi connectivity index (χ3v) is 9.11. The number of para-hydroxylation sites is 1. The van der Waals surface area contributed by atoms with Crippen molar-refractivity contribution in [1.82, 2.24) is 0 Å². The maximum Gasteiger partial charge on any atom is 0.159 e. The molecule has 0 aliphatic heterocycles. The monoisotopic (exact) mass is 575 g/mol. The van der Waals surface area contributed by atoms with E-state index < -0.39 is 0 Å². The zero-order valence-electron chi connectivity index (χ0n) is 24.8. The van der Waals surface area contributed by atoms with Crippen LogP contribution in [0.4, 0.5) is 11.4 Å². The van der Waals surface area contributed by atoms with Crippen LogP contribution in [0.15, 0.2) is 156 Å². The van der Waals surface area contributed by atoms with E-state index in [4.69, 9.17) is 4.42 Å². The number of fused-ring (bicyclic) bond motifs is 7. The molecule has 9 rings (SSSR count). The Morgan fingerprint density at radius 2 is 0.978 bits per heavy atom. The van der Waals surface area contributed by atoms with Crippen LogP contribution in [-0.2, 0) is 0 Å². The van der Waals surface area contributed by atoms with Crippen molar-refractivity contribution >= 4 is 65.6 Å². The van der Waals surface area contributed by atoms with Crippen molar-refractivity contribution in [3.8, 4) is 22.3 Å². The van der Waals surface area contributed by atoms with Gasteiger partial charge in [-0.05, 0) is 103 Å². The van der Waals surface area contributed by atoms with Gasteiger partial charge in [0, 0.05) is 16.5 Å². The van der Waals surface area contributed by atoms with Crippen LogP contribution >= 0.6 is 0 Å². The second-order valence-electron chi connectivity index (χ2n) is 11.9. The molecule has 0 aliphatic carbocycles. The van der Waals surface area contributed by atoms with Crippen LogP contribution in [0.2, 0.25) is 0 Å². The first-order valence-electron chi connectivity index (χ1n) is 15.4. The van der Waals surface area contributed by atoms with Gasteiger partial charge < -0.3 is 9.73 Å². The highest BCUT2D eigenvalue weighted by atomic mass is 16.3. The van der Waals surface area contributed by atoms with E-state index in [2.05, 4.69) is 164 Å². The van der Waals surface area contributed by atoms with Crippen molar-refractivity contribution in [2.75, 3.05) is 5.32 Å². The number of aryl methyl sites for hydroxylation is 1. The number of hydrogen-bond acceptors (Lipinski definition) is 2. The molecule has 0 amide bonds. The normalized spacial score (nSPS) is 11.7. The van der Waals surface area contributed by atoms with E-state index in [9.17, 15) is 0 Å². The van der Waals surface area contributed by atoms with Crippen molar-refractivity contribution in [2.24, 2.45) is 0 Å². The average molecular weight is 576 g/mol. The number of hydrogen-bond donors (Lipinski definition) is 1. The second kappa shape index (κ2) is 10.1. The molecule has 1 N–H and O–H groups in total. The van der Waals surface area contributed by atoms with Crippen LogP contribution in [0.3, 0.4) is 0 Å². The van der Waals surface area contributed by atoms with E-state index in [1.807, 2.05) is 0 Å². The zero-order valence-corrected chi connectivity index (χ0v) is 24.8. The second-order valence-corrected chi connectivity index (χ2v) is 11.9. The van der Waals surface area contributed by atoms with Gasteiger partial charge in [-0.3, -0.25) is 0 Å². The summed E-state index contributed by atoms with van der Waals surface area (Å²) in [5.74, 6) is 0. The van der Waals surface area contributed by atoms with E-state index in [-0.39, 0.29) is 0 Å². The van der Waals surface area contributed by atoms with Crippen molar-refractivity contribution in [3.63, 3.8) is 0 Å². The van der Waals surface area contributed by atoms with Crippen LogP contribution in [0.5, 0.6) is 0 Å². The van der Waals surface area contributed by atoms with Gasteiger partial charge in [-0.2, -0.15) is 0 Å². The summed E-state index contributed by atoms with van der Waals surface area (Å²) in [6.07, 6.45) is 0. The predicted molar refractivity (Wildman–Crippen MR) is 192 cm³/mol. The fourth-order valence-corrected chi connectivity index (χ4v) is 6.76. The molecule has 212 valence electrons. The Morgan fingerprint density at radius 3 is 1.71 bits per heavy atom. The minimum absolute atomic E-state index is 0.889. The van der Waals surface area contributed by atoms with Gasteiger partial charge in [-0.25, -0.2) is 0 Å². The predicted octanol–water partition coefficient (Wildman–Crippen LogP) is 12.4. The highest BCUT2D eigenvalue weighted by molar-refractivity contribution is 6.22. The topological polar surface area (TPSA) is 25.2 Å². The van der Waals surface area contributed by atoms with Crippen LogP contribution in [0.25, 0.3) is 76.5 Å². The Bertz CT molecular complexity index is 2570. The molecule has 0 saturated carbocycles. The lowest BCUT2D eigenvalue weighted by Crippen LogP contribution is -1.91. The van der Waals surface area contributed by atoms with Crippen molar-refractivity contribution in [2.45, 2.75) is 6.92 Å². The van der Waals surface area contributed by atoms with E-state index in [0.29, 0.717) is 0 Å². The van der Waals surface area contributed by atoms with Crippen LogP contribution in [0.1, 0.15) is 5.56 Å². The first kappa shape index (κ1) is 25.6. The summed E-state index contributed by atoms with van der Waals surface area (Å²) < 4.78 is 6.52. The Balaban J connectivity index is 1.04.